The number of amides is 1. The third kappa shape index (κ3) is 5.91. The number of benzene rings is 1. The monoisotopic (exact) mass is 294 g/mol. The highest BCUT2D eigenvalue weighted by molar-refractivity contribution is 5.79. The summed E-state index contributed by atoms with van der Waals surface area (Å²) in [5, 5.41) is 22.5. The zero-order chi connectivity index (χ0) is 15.9. The average Bonchev–Trinajstić information content (AvgIpc) is 2.43. The van der Waals surface area contributed by atoms with Crippen LogP contribution >= 0.6 is 0 Å². The fourth-order valence-electron chi connectivity index (χ4n) is 2.06. The largest absolute Gasteiger partial charge is 0.396 e. The number of carbonyl (C=O) groups is 1. The second kappa shape index (κ2) is 7.73. The summed E-state index contributed by atoms with van der Waals surface area (Å²) in [5.41, 5.74) is 0.265. The number of hydrogen-bond donors (Lipinski definition) is 2. The van der Waals surface area contributed by atoms with Gasteiger partial charge >= 0.3 is 0 Å². The van der Waals surface area contributed by atoms with Crippen LogP contribution in [-0.4, -0.2) is 29.1 Å². The van der Waals surface area contributed by atoms with Gasteiger partial charge in [-0.2, -0.15) is 0 Å². The third-order valence-corrected chi connectivity index (χ3v) is 3.32. The number of nitrogens with one attached hydrogen (secondary N) is 1. The SMILES string of the molecule is CC(C)(CCCO)CNC(=O)Cc1ccccc1[N+](=O)[O-]. The summed E-state index contributed by atoms with van der Waals surface area (Å²) in [4.78, 5) is 22.3. The van der Waals surface area contributed by atoms with Gasteiger partial charge < -0.3 is 10.4 Å². The Morgan fingerprint density at radius 1 is 1.38 bits per heavy atom. The molecule has 0 spiro atoms. The van der Waals surface area contributed by atoms with Crippen LogP contribution in [0.5, 0.6) is 0 Å². The van der Waals surface area contributed by atoms with Gasteiger partial charge in [-0.15, -0.1) is 0 Å². The van der Waals surface area contributed by atoms with Gasteiger partial charge in [0.15, 0.2) is 0 Å². The number of rotatable bonds is 8. The Kier molecular flexibility index (Phi) is 6.30. The van der Waals surface area contributed by atoms with E-state index in [-0.39, 0.29) is 30.0 Å². The van der Waals surface area contributed by atoms with Gasteiger partial charge in [0, 0.05) is 24.8 Å². The van der Waals surface area contributed by atoms with Crippen LogP contribution in [0.25, 0.3) is 0 Å². The van der Waals surface area contributed by atoms with E-state index in [0.717, 1.165) is 6.42 Å². The lowest BCUT2D eigenvalue weighted by atomic mass is 9.88. The fourth-order valence-corrected chi connectivity index (χ4v) is 2.06. The average molecular weight is 294 g/mol. The summed E-state index contributed by atoms with van der Waals surface area (Å²) >= 11 is 0. The van der Waals surface area contributed by atoms with Crippen LogP contribution < -0.4 is 5.32 Å². The molecule has 0 atom stereocenters. The topological polar surface area (TPSA) is 92.5 Å². The first-order valence-electron chi connectivity index (χ1n) is 6.95. The minimum Gasteiger partial charge on any atom is -0.396 e. The maximum atomic E-state index is 11.9. The van der Waals surface area contributed by atoms with E-state index in [1.54, 1.807) is 18.2 Å². The van der Waals surface area contributed by atoms with Crippen molar-refractivity contribution in [3.8, 4) is 0 Å². The number of nitro benzene ring substituents is 1. The first kappa shape index (κ1) is 17.1. The molecule has 0 aromatic heterocycles. The van der Waals surface area contributed by atoms with Crippen molar-refractivity contribution in [3.05, 3.63) is 39.9 Å². The molecule has 0 saturated heterocycles. The Balaban J connectivity index is 2.57. The molecule has 6 heteroatoms. The summed E-state index contributed by atoms with van der Waals surface area (Å²) in [6, 6.07) is 6.25. The van der Waals surface area contributed by atoms with E-state index in [0.29, 0.717) is 18.5 Å². The van der Waals surface area contributed by atoms with Crippen molar-refractivity contribution in [1.82, 2.24) is 5.32 Å². The highest BCUT2D eigenvalue weighted by Gasteiger charge is 2.20. The molecule has 1 rings (SSSR count). The minimum absolute atomic E-state index is 0.00671. The number of nitrogens with zero attached hydrogens (tertiary/aromatic N) is 1. The molecule has 2 N–H and O–H groups in total. The molecular weight excluding hydrogens is 272 g/mol. The van der Waals surface area contributed by atoms with Crippen LogP contribution in [0, 0.1) is 15.5 Å². The number of carbonyl (C=O) groups excluding carboxylic acids is 1. The van der Waals surface area contributed by atoms with Gasteiger partial charge in [-0.05, 0) is 18.3 Å². The van der Waals surface area contributed by atoms with E-state index >= 15 is 0 Å². The Labute approximate surface area is 124 Å². The molecule has 6 nitrogen and oxygen atoms in total. The standard InChI is InChI=1S/C15H22N2O4/c1-15(2,8-5-9-18)11-16-14(19)10-12-6-3-4-7-13(12)17(20)21/h3-4,6-7,18H,5,8-11H2,1-2H3,(H,16,19). The van der Waals surface area contributed by atoms with E-state index in [1.165, 1.54) is 6.07 Å². The molecule has 0 bridgehead atoms. The van der Waals surface area contributed by atoms with Crippen molar-refractivity contribution in [2.75, 3.05) is 13.2 Å². The van der Waals surface area contributed by atoms with Gasteiger partial charge in [0.2, 0.25) is 5.91 Å². The molecule has 1 aromatic carbocycles. The predicted octanol–water partition coefficient (Wildman–Crippen LogP) is 2.05. The summed E-state index contributed by atoms with van der Waals surface area (Å²) in [5.74, 6) is -0.235. The van der Waals surface area contributed by atoms with E-state index < -0.39 is 4.92 Å². The van der Waals surface area contributed by atoms with E-state index in [2.05, 4.69) is 5.32 Å². The molecule has 1 aromatic rings. The van der Waals surface area contributed by atoms with Crippen LogP contribution in [0.3, 0.4) is 0 Å². The minimum atomic E-state index is -0.478. The Morgan fingerprint density at radius 3 is 2.67 bits per heavy atom. The maximum absolute atomic E-state index is 11.9. The number of aliphatic hydroxyl groups excluding tert-OH is 1. The van der Waals surface area contributed by atoms with Gasteiger partial charge in [-0.1, -0.05) is 32.0 Å². The van der Waals surface area contributed by atoms with Crippen molar-refractivity contribution in [2.45, 2.75) is 33.1 Å². The van der Waals surface area contributed by atoms with Crippen LogP contribution in [0.4, 0.5) is 5.69 Å². The quantitative estimate of drug-likeness (QED) is 0.567. The van der Waals surface area contributed by atoms with E-state index in [4.69, 9.17) is 5.11 Å². The first-order valence-corrected chi connectivity index (χ1v) is 6.95. The number of nitro groups is 1. The lowest BCUT2D eigenvalue weighted by Crippen LogP contribution is -2.35. The lowest BCUT2D eigenvalue weighted by Gasteiger charge is -2.24. The molecule has 0 aliphatic carbocycles. The Bertz CT molecular complexity index is 500. The number of hydrogen-bond acceptors (Lipinski definition) is 4. The smallest absolute Gasteiger partial charge is 0.273 e. The predicted molar refractivity (Wildman–Crippen MR) is 79.9 cm³/mol. The van der Waals surface area contributed by atoms with Crippen LogP contribution in [0.2, 0.25) is 0 Å². The molecule has 21 heavy (non-hydrogen) atoms. The number of para-hydroxylation sites is 1. The Hall–Kier alpha value is -1.95. The van der Waals surface area contributed by atoms with Crippen molar-refractivity contribution in [3.63, 3.8) is 0 Å². The molecule has 0 fully saturated rings. The highest BCUT2D eigenvalue weighted by Crippen LogP contribution is 2.21. The second-order valence-electron chi connectivity index (χ2n) is 5.83. The van der Waals surface area contributed by atoms with Gasteiger partial charge in [0.25, 0.3) is 5.69 Å². The summed E-state index contributed by atoms with van der Waals surface area (Å²) in [6.45, 7) is 4.63. The van der Waals surface area contributed by atoms with E-state index in [1.807, 2.05) is 13.8 Å². The molecule has 0 unspecified atom stereocenters. The van der Waals surface area contributed by atoms with Crippen molar-refractivity contribution in [2.24, 2.45) is 5.41 Å². The van der Waals surface area contributed by atoms with Crippen LogP contribution in [0.1, 0.15) is 32.3 Å². The summed E-state index contributed by atoms with van der Waals surface area (Å²) in [7, 11) is 0. The van der Waals surface area contributed by atoms with E-state index in [9.17, 15) is 14.9 Å². The van der Waals surface area contributed by atoms with Gasteiger partial charge in [-0.3, -0.25) is 14.9 Å². The fraction of sp³-hybridized carbons (Fsp3) is 0.533. The summed E-state index contributed by atoms with van der Waals surface area (Å²) < 4.78 is 0. The van der Waals surface area contributed by atoms with Gasteiger partial charge in [0.1, 0.15) is 0 Å². The highest BCUT2D eigenvalue weighted by atomic mass is 16.6. The molecule has 116 valence electrons. The van der Waals surface area contributed by atoms with Gasteiger partial charge in [-0.25, -0.2) is 0 Å². The zero-order valence-electron chi connectivity index (χ0n) is 12.5. The Morgan fingerprint density at radius 2 is 2.05 bits per heavy atom. The third-order valence-electron chi connectivity index (χ3n) is 3.32. The molecule has 0 saturated carbocycles. The molecule has 0 aliphatic rings. The number of aliphatic hydroxyl groups is 1. The van der Waals surface area contributed by atoms with Crippen molar-refractivity contribution in [1.29, 1.82) is 0 Å². The zero-order valence-corrected chi connectivity index (χ0v) is 12.5. The molecule has 0 heterocycles. The van der Waals surface area contributed by atoms with Gasteiger partial charge in [0.05, 0.1) is 11.3 Å². The first-order chi connectivity index (χ1) is 9.85. The second-order valence-corrected chi connectivity index (χ2v) is 5.83. The van der Waals surface area contributed by atoms with Crippen LogP contribution in [-0.2, 0) is 11.2 Å². The summed E-state index contributed by atoms with van der Waals surface area (Å²) in [6.07, 6.45) is 1.48. The van der Waals surface area contributed by atoms with Crippen molar-refractivity contribution < 1.29 is 14.8 Å². The molecule has 0 aliphatic heterocycles. The normalized spacial score (nSPS) is 11.2. The lowest BCUT2D eigenvalue weighted by molar-refractivity contribution is -0.385. The maximum Gasteiger partial charge on any atom is 0.273 e. The molecule has 0 radical (unpaired) electrons. The van der Waals surface area contributed by atoms with Crippen molar-refractivity contribution >= 4 is 11.6 Å². The van der Waals surface area contributed by atoms with Crippen LogP contribution in [0.15, 0.2) is 24.3 Å². The molecular formula is C15H22N2O4. The molecule has 1 amide bonds.